The van der Waals surface area contributed by atoms with Gasteiger partial charge in [0.05, 0.1) is 6.61 Å². The standard InChI is InChI=1S/C21H22ClNO3/c22-14-6-9-20-19(10-14)18-3-1-2-17(21(18)23-20)13-4-7-16(8-5-13)26-12-15(25)11-24/h4-10,15,17,23-25H,1-3,11-12H2. The molecule has 0 bridgehead atoms. The third kappa shape index (κ3) is 3.32. The Hall–Kier alpha value is -2.01. The highest BCUT2D eigenvalue weighted by molar-refractivity contribution is 6.31. The molecule has 3 aromatic rings. The van der Waals surface area contributed by atoms with E-state index in [1.165, 1.54) is 22.2 Å². The van der Waals surface area contributed by atoms with Crippen LogP contribution < -0.4 is 4.74 Å². The predicted molar refractivity (Wildman–Crippen MR) is 103 cm³/mol. The lowest BCUT2D eigenvalue weighted by molar-refractivity contribution is 0.0536. The van der Waals surface area contributed by atoms with Crippen molar-refractivity contribution in [3.05, 3.63) is 64.3 Å². The minimum absolute atomic E-state index is 0.0895. The van der Waals surface area contributed by atoms with Crippen LogP contribution in [0.2, 0.25) is 5.02 Å². The maximum absolute atomic E-state index is 9.39. The van der Waals surface area contributed by atoms with Gasteiger partial charge < -0.3 is 19.9 Å². The first kappa shape index (κ1) is 17.4. The van der Waals surface area contributed by atoms with Gasteiger partial charge in [0.25, 0.3) is 0 Å². The van der Waals surface area contributed by atoms with E-state index < -0.39 is 6.10 Å². The molecule has 1 aliphatic rings. The molecule has 0 saturated carbocycles. The molecular weight excluding hydrogens is 350 g/mol. The molecule has 26 heavy (non-hydrogen) atoms. The van der Waals surface area contributed by atoms with E-state index in [1.54, 1.807) is 0 Å². The maximum Gasteiger partial charge on any atom is 0.119 e. The van der Waals surface area contributed by atoms with E-state index in [0.29, 0.717) is 11.7 Å². The van der Waals surface area contributed by atoms with E-state index in [9.17, 15) is 5.11 Å². The Morgan fingerprint density at radius 3 is 2.77 bits per heavy atom. The molecular formula is C21H22ClNO3. The number of hydrogen-bond acceptors (Lipinski definition) is 3. The molecule has 0 spiro atoms. The van der Waals surface area contributed by atoms with Gasteiger partial charge in [0.2, 0.25) is 0 Å². The number of aromatic amines is 1. The number of nitrogens with one attached hydrogen (secondary N) is 1. The van der Waals surface area contributed by atoms with Gasteiger partial charge in [-0.1, -0.05) is 23.7 Å². The van der Waals surface area contributed by atoms with Crippen LogP contribution in [0.3, 0.4) is 0 Å². The highest BCUT2D eigenvalue weighted by Gasteiger charge is 2.25. The van der Waals surface area contributed by atoms with E-state index in [-0.39, 0.29) is 13.2 Å². The number of aryl methyl sites for hydroxylation is 1. The Kier molecular flexibility index (Phi) is 4.90. The minimum atomic E-state index is -0.853. The number of rotatable bonds is 5. The van der Waals surface area contributed by atoms with Gasteiger partial charge in [0.1, 0.15) is 18.5 Å². The summed E-state index contributed by atoms with van der Waals surface area (Å²) in [6.07, 6.45) is 2.48. The number of fused-ring (bicyclic) bond motifs is 3. The molecule has 136 valence electrons. The van der Waals surface area contributed by atoms with Crippen LogP contribution >= 0.6 is 11.6 Å². The third-order valence-corrected chi connectivity index (χ3v) is 5.34. The molecule has 2 atom stereocenters. The van der Waals surface area contributed by atoms with Crippen molar-refractivity contribution in [1.82, 2.24) is 4.98 Å². The van der Waals surface area contributed by atoms with E-state index in [4.69, 9.17) is 21.4 Å². The molecule has 1 heterocycles. The smallest absolute Gasteiger partial charge is 0.119 e. The van der Waals surface area contributed by atoms with Crippen molar-refractivity contribution in [2.45, 2.75) is 31.3 Å². The Balaban J connectivity index is 1.60. The zero-order chi connectivity index (χ0) is 18.1. The molecule has 4 rings (SSSR count). The molecule has 2 aromatic carbocycles. The lowest BCUT2D eigenvalue weighted by Gasteiger charge is -2.23. The summed E-state index contributed by atoms with van der Waals surface area (Å²) in [5.74, 6) is 1.03. The molecule has 3 N–H and O–H groups in total. The first-order chi connectivity index (χ1) is 12.7. The van der Waals surface area contributed by atoms with Crippen LogP contribution in [-0.4, -0.2) is 34.5 Å². The van der Waals surface area contributed by atoms with Gasteiger partial charge in [-0.3, -0.25) is 0 Å². The van der Waals surface area contributed by atoms with Crippen LogP contribution in [0.1, 0.15) is 35.6 Å². The van der Waals surface area contributed by atoms with Gasteiger partial charge in [-0.25, -0.2) is 0 Å². The van der Waals surface area contributed by atoms with Crippen LogP contribution in [0.15, 0.2) is 42.5 Å². The molecule has 0 saturated heterocycles. The summed E-state index contributed by atoms with van der Waals surface area (Å²) in [5, 5.41) is 20.2. The average Bonchev–Trinajstić information content (AvgIpc) is 3.04. The molecule has 1 aliphatic carbocycles. The van der Waals surface area contributed by atoms with Crippen molar-refractivity contribution in [1.29, 1.82) is 0 Å². The molecule has 0 fully saturated rings. The van der Waals surface area contributed by atoms with E-state index >= 15 is 0 Å². The van der Waals surface area contributed by atoms with Gasteiger partial charge in [0, 0.05) is 27.5 Å². The normalized spacial score (nSPS) is 17.9. The Morgan fingerprint density at radius 1 is 1.19 bits per heavy atom. The molecule has 0 radical (unpaired) electrons. The lowest BCUT2D eigenvalue weighted by atomic mass is 9.82. The molecule has 4 nitrogen and oxygen atoms in total. The second-order valence-corrected chi connectivity index (χ2v) is 7.30. The van der Waals surface area contributed by atoms with Crippen LogP contribution in [0.5, 0.6) is 5.75 Å². The fraction of sp³-hybridized carbons (Fsp3) is 0.333. The van der Waals surface area contributed by atoms with Crippen molar-refractivity contribution in [3.8, 4) is 5.75 Å². The zero-order valence-corrected chi connectivity index (χ0v) is 15.2. The number of ether oxygens (including phenoxy) is 1. The number of hydrogen-bond donors (Lipinski definition) is 3. The van der Waals surface area contributed by atoms with Gasteiger partial charge >= 0.3 is 0 Å². The molecule has 0 aliphatic heterocycles. The molecule has 0 amide bonds. The topological polar surface area (TPSA) is 65.5 Å². The largest absolute Gasteiger partial charge is 0.491 e. The summed E-state index contributed by atoms with van der Waals surface area (Å²) in [7, 11) is 0. The highest BCUT2D eigenvalue weighted by atomic mass is 35.5. The van der Waals surface area contributed by atoms with E-state index in [0.717, 1.165) is 29.8 Å². The molecule has 5 heteroatoms. The number of aromatic nitrogens is 1. The number of H-pyrrole nitrogens is 1. The second kappa shape index (κ2) is 7.31. The van der Waals surface area contributed by atoms with Crippen molar-refractivity contribution in [3.63, 3.8) is 0 Å². The van der Waals surface area contributed by atoms with E-state index in [1.807, 2.05) is 18.2 Å². The Labute approximate surface area is 157 Å². The van der Waals surface area contributed by atoms with Gasteiger partial charge in [-0.15, -0.1) is 0 Å². The van der Waals surface area contributed by atoms with Crippen molar-refractivity contribution < 1.29 is 14.9 Å². The summed E-state index contributed by atoms with van der Waals surface area (Å²) in [4.78, 5) is 3.60. The quantitative estimate of drug-likeness (QED) is 0.634. The number of halogens is 1. The fourth-order valence-electron chi connectivity index (χ4n) is 3.81. The highest BCUT2D eigenvalue weighted by Crippen LogP contribution is 2.40. The predicted octanol–water partition coefficient (Wildman–Crippen LogP) is 4.02. The van der Waals surface area contributed by atoms with Crippen molar-refractivity contribution in [2.75, 3.05) is 13.2 Å². The zero-order valence-electron chi connectivity index (χ0n) is 14.4. The second-order valence-electron chi connectivity index (χ2n) is 6.87. The SMILES string of the molecule is OCC(O)COc1ccc(C2CCCc3c2[nH]c2ccc(Cl)cc32)cc1. The summed E-state index contributed by atoms with van der Waals surface area (Å²) < 4.78 is 5.50. The Bertz CT molecular complexity index is 904. The number of aliphatic hydroxyl groups excluding tert-OH is 2. The van der Waals surface area contributed by atoms with Crippen LogP contribution in [0.4, 0.5) is 0 Å². The first-order valence-electron chi connectivity index (χ1n) is 8.97. The monoisotopic (exact) mass is 371 g/mol. The number of aliphatic hydroxyl groups is 2. The fourth-order valence-corrected chi connectivity index (χ4v) is 3.98. The molecule has 1 aromatic heterocycles. The van der Waals surface area contributed by atoms with Crippen molar-refractivity contribution >= 4 is 22.5 Å². The molecule has 2 unspecified atom stereocenters. The number of benzene rings is 2. The average molecular weight is 372 g/mol. The summed E-state index contributed by atoms with van der Waals surface area (Å²) in [6.45, 7) is -0.209. The summed E-state index contributed by atoms with van der Waals surface area (Å²) in [5.41, 5.74) is 5.06. The van der Waals surface area contributed by atoms with Gasteiger partial charge in [-0.2, -0.15) is 0 Å². The third-order valence-electron chi connectivity index (χ3n) is 5.10. The van der Waals surface area contributed by atoms with Crippen LogP contribution in [-0.2, 0) is 6.42 Å². The van der Waals surface area contributed by atoms with Crippen LogP contribution in [0, 0.1) is 0 Å². The first-order valence-corrected chi connectivity index (χ1v) is 9.35. The van der Waals surface area contributed by atoms with Gasteiger partial charge in [0.15, 0.2) is 0 Å². The summed E-state index contributed by atoms with van der Waals surface area (Å²) in [6, 6.07) is 14.0. The lowest BCUT2D eigenvalue weighted by Crippen LogP contribution is -2.21. The van der Waals surface area contributed by atoms with Crippen molar-refractivity contribution in [2.24, 2.45) is 0 Å². The maximum atomic E-state index is 9.39. The van der Waals surface area contributed by atoms with Crippen LogP contribution in [0.25, 0.3) is 10.9 Å². The Morgan fingerprint density at radius 2 is 2.00 bits per heavy atom. The van der Waals surface area contributed by atoms with Gasteiger partial charge in [-0.05, 0) is 60.7 Å². The summed E-state index contributed by atoms with van der Waals surface area (Å²) >= 11 is 6.19. The minimum Gasteiger partial charge on any atom is -0.491 e. The van der Waals surface area contributed by atoms with E-state index in [2.05, 4.69) is 29.2 Å².